The molecule has 1 aromatic heterocycles. The number of nitrogens with one attached hydrogen (secondary N) is 1. The predicted molar refractivity (Wildman–Crippen MR) is 56.7 cm³/mol. The molecule has 0 aliphatic heterocycles. The van der Waals surface area contributed by atoms with Crippen molar-refractivity contribution in [2.45, 2.75) is 39.1 Å². The van der Waals surface area contributed by atoms with Crippen LogP contribution in [0.15, 0.2) is 4.52 Å². The summed E-state index contributed by atoms with van der Waals surface area (Å²) in [5.41, 5.74) is 0. The highest BCUT2D eigenvalue weighted by molar-refractivity contribution is 4.90. The Labute approximate surface area is 103 Å². The van der Waals surface area contributed by atoms with Gasteiger partial charge in [0.1, 0.15) is 13.2 Å². The second-order valence-electron chi connectivity index (χ2n) is 3.83. The summed E-state index contributed by atoms with van der Waals surface area (Å²) in [7, 11) is 0. The van der Waals surface area contributed by atoms with E-state index >= 15 is 0 Å². The van der Waals surface area contributed by atoms with Crippen LogP contribution in [0.3, 0.4) is 0 Å². The van der Waals surface area contributed by atoms with E-state index in [0.717, 1.165) is 13.0 Å². The molecule has 0 radical (unpaired) electrons. The summed E-state index contributed by atoms with van der Waals surface area (Å²) in [6, 6.07) is -0.131. The van der Waals surface area contributed by atoms with Crippen molar-refractivity contribution in [3.8, 4) is 0 Å². The van der Waals surface area contributed by atoms with E-state index in [1.54, 1.807) is 0 Å². The second kappa shape index (κ2) is 6.69. The van der Waals surface area contributed by atoms with Crippen molar-refractivity contribution in [3.63, 3.8) is 0 Å². The SMILES string of the molecule is CCCNC(C)c1nc(COCC(F)(F)F)no1. The molecule has 1 rings (SSSR count). The minimum Gasteiger partial charge on any atom is -0.364 e. The summed E-state index contributed by atoms with van der Waals surface area (Å²) in [5, 5.41) is 6.67. The van der Waals surface area contributed by atoms with Crippen molar-refractivity contribution < 1.29 is 22.4 Å². The number of hydrogen-bond donors (Lipinski definition) is 1. The van der Waals surface area contributed by atoms with Gasteiger partial charge in [-0.25, -0.2) is 0 Å². The van der Waals surface area contributed by atoms with Crippen LogP contribution in [0.5, 0.6) is 0 Å². The van der Waals surface area contributed by atoms with Gasteiger partial charge in [0.15, 0.2) is 5.82 Å². The first-order valence-corrected chi connectivity index (χ1v) is 5.62. The number of nitrogens with zero attached hydrogens (tertiary/aromatic N) is 2. The summed E-state index contributed by atoms with van der Waals surface area (Å²) >= 11 is 0. The first-order valence-electron chi connectivity index (χ1n) is 5.62. The molecular formula is C10H16F3N3O2. The van der Waals surface area contributed by atoms with Crippen LogP contribution < -0.4 is 5.32 Å². The standard InChI is InChI=1S/C10H16F3N3O2/c1-3-4-14-7(2)9-15-8(16-18-9)5-17-6-10(11,12)13/h7,14H,3-6H2,1-2H3. The van der Waals surface area contributed by atoms with E-state index < -0.39 is 12.8 Å². The number of halogens is 3. The van der Waals surface area contributed by atoms with E-state index in [4.69, 9.17) is 4.52 Å². The van der Waals surface area contributed by atoms with Crippen LogP contribution in [0.25, 0.3) is 0 Å². The van der Waals surface area contributed by atoms with E-state index in [1.165, 1.54) is 0 Å². The third-order valence-electron chi connectivity index (χ3n) is 2.05. The normalized spacial score (nSPS) is 13.8. The van der Waals surface area contributed by atoms with Crippen molar-refractivity contribution in [2.75, 3.05) is 13.2 Å². The maximum absolute atomic E-state index is 11.8. The molecule has 1 aromatic rings. The Balaban J connectivity index is 2.38. The molecule has 1 N–H and O–H groups in total. The van der Waals surface area contributed by atoms with E-state index in [9.17, 15) is 13.2 Å². The fraction of sp³-hybridized carbons (Fsp3) is 0.800. The van der Waals surface area contributed by atoms with E-state index in [0.29, 0.717) is 5.89 Å². The Bertz CT molecular complexity index is 354. The number of hydrogen-bond acceptors (Lipinski definition) is 5. The van der Waals surface area contributed by atoms with Crippen molar-refractivity contribution in [3.05, 3.63) is 11.7 Å². The van der Waals surface area contributed by atoms with Gasteiger partial charge in [-0.1, -0.05) is 12.1 Å². The lowest BCUT2D eigenvalue weighted by molar-refractivity contribution is -0.177. The van der Waals surface area contributed by atoms with Crippen LogP contribution in [0.1, 0.15) is 38.0 Å². The summed E-state index contributed by atoms with van der Waals surface area (Å²) in [4.78, 5) is 3.95. The Hall–Kier alpha value is -1.15. The fourth-order valence-electron chi connectivity index (χ4n) is 1.21. The molecule has 0 fully saturated rings. The Morgan fingerprint density at radius 3 is 2.78 bits per heavy atom. The lowest BCUT2D eigenvalue weighted by Gasteiger charge is -2.07. The van der Waals surface area contributed by atoms with Crippen molar-refractivity contribution in [1.82, 2.24) is 15.5 Å². The Morgan fingerprint density at radius 1 is 1.44 bits per heavy atom. The monoisotopic (exact) mass is 267 g/mol. The van der Waals surface area contributed by atoms with Gasteiger partial charge >= 0.3 is 6.18 Å². The predicted octanol–water partition coefficient (Wildman–Crippen LogP) is 2.21. The van der Waals surface area contributed by atoms with Gasteiger partial charge < -0.3 is 14.6 Å². The minimum atomic E-state index is -4.34. The molecule has 18 heavy (non-hydrogen) atoms. The molecule has 1 heterocycles. The maximum atomic E-state index is 11.8. The third kappa shape index (κ3) is 5.46. The first-order chi connectivity index (χ1) is 8.42. The molecule has 0 aromatic carbocycles. The van der Waals surface area contributed by atoms with Crippen LogP contribution in [0.2, 0.25) is 0 Å². The fourth-order valence-corrected chi connectivity index (χ4v) is 1.21. The highest BCUT2D eigenvalue weighted by Crippen LogP contribution is 2.15. The van der Waals surface area contributed by atoms with E-state index in [-0.39, 0.29) is 18.5 Å². The van der Waals surface area contributed by atoms with Crippen LogP contribution in [-0.2, 0) is 11.3 Å². The van der Waals surface area contributed by atoms with E-state index in [1.807, 2.05) is 13.8 Å². The van der Waals surface area contributed by atoms with Crippen molar-refractivity contribution in [2.24, 2.45) is 0 Å². The molecule has 5 nitrogen and oxygen atoms in total. The molecule has 0 aliphatic rings. The average molecular weight is 267 g/mol. The number of rotatable bonds is 7. The molecule has 104 valence electrons. The van der Waals surface area contributed by atoms with Crippen LogP contribution in [0, 0.1) is 0 Å². The highest BCUT2D eigenvalue weighted by Gasteiger charge is 2.27. The third-order valence-corrected chi connectivity index (χ3v) is 2.05. The van der Waals surface area contributed by atoms with Gasteiger partial charge in [0.25, 0.3) is 0 Å². The van der Waals surface area contributed by atoms with Crippen molar-refractivity contribution >= 4 is 0 Å². The van der Waals surface area contributed by atoms with Gasteiger partial charge in [0.2, 0.25) is 5.89 Å². The molecule has 0 spiro atoms. The summed E-state index contributed by atoms with van der Waals surface area (Å²) in [5.74, 6) is 0.452. The zero-order chi connectivity index (χ0) is 13.6. The van der Waals surface area contributed by atoms with Crippen molar-refractivity contribution in [1.29, 1.82) is 0 Å². The topological polar surface area (TPSA) is 60.2 Å². The zero-order valence-electron chi connectivity index (χ0n) is 10.3. The number of aromatic nitrogens is 2. The summed E-state index contributed by atoms with van der Waals surface area (Å²) in [6.07, 6.45) is -3.39. The van der Waals surface area contributed by atoms with E-state index in [2.05, 4.69) is 20.2 Å². The second-order valence-corrected chi connectivity index (χ2v) is 3.83. The van der Waals surface area contributed by atoms with Crippen LogP contribution >= 0.6 is 0 Å². The average Bonchev–Trinajstić information content (AvgIpc) is 2.73. The van der Waals surface area contributed by atoms with Crippen LogP contribution in [0.4, 0.5) is 13.2 Å². The molecule has 0 aliphatic carbocycles. The minimum absolute atomic E-state index is 0.111. The lowest BCUT2D eigenvalue weighted by atomic mass is 10.3. The Kier molecular flexibility index (Phi) is 5.54. The largest absolute Gasteiger partial charge is 0.411 e. The maximum Gasteiger partial charge on any atom is 0.411 e. The quantitative estimate of drug-likeness (QED) is 0.820. The van der Waals surface area contributed by atoms with Crippen LogP contribution in [-0.4, -0.2) is 29.5 Å². The van der Waals surface area contributed by atoms with Gasteiger partial charge in [-0.05, 0) is 19.9 Å². The Morgan fingerprint density at radius 2 is 2.17 bits per heavy atom. The lowest BCUT2D eigenvalue weighted by Crippen LogP contribution is -2.19. The molecule has 0 bridgehead atoms. The molecule has 8 heteroatoms. The molecule has 1 atom stereocenters. The summed E-state index contributed by atoms with van der Waals surface area (Å²) < 4.78 is 44.8. The molecule has 0 amide bonds. The molecular weight excluding hydrogens is 251 g/mol. The van der Waals surface area contributed by atoms with Gasteiger partial charge in [-0.3, -0.25) is 0 Å². The molecule has 0 saturated carbocycles. The number of ether oxygens (including phenoxy) is 1. The highest BCUT2D eigenvalue weighted by atomic mass is 19.4. The zero-order valence-corrected chi connectivity index (χ0v) is 10.3. The summed E-state index contributed by atoms with van der Waals surface area (Å²) in [6.45, 7) is 3.01. The number of alkyl halides is 3. The molecule has 1 unspecified atom stereocenters. The smallest absolute Gasteiger partial charge is 0.364 e. The van der Waals surface area contributed by atoms with Gasteiger partial charge in [-0.15, -0.1) is 0 Å². The van der Waals surface area contributed by atoms with Gasteiger partial charge in [0.05, 0.1) is 6.04 Å². The van der Waals surface area contributed by atoms with Gasteiger partial charge in [-0.2, -0.15) is 18.2 Å². The molecule has 0 saturated heterocycles. The first kappa shape index (κ1) is 14.9. The van der Waals surface area contributed by atoms with Gasteiger partial charge in [0, 0.05) is 0 Å².